The maximum atomic E-state index is 13.6. The molecule has 0 unspecified atom stereocenters. The number of carbonyl (C=O) groups excluding carboxylic acids is 2. The largest absolute Gasteiger partial charge is 0.452 e. The van der Waals surface area contributed by atoms with Gasteiger partial charge in [-0.3, -0.25) is 4.79 Å². The first-order chi connectivity index (χ1) is 11.8. The lowest BCUT2D eigenvalue weighted by atomic mass is 10.2. The molecule has 1 aliphatic carbocycles. The van der Waals surface area contributed by atoms with Crippen molar-refractivity contribution >= 4 is 21.7 Å². The van der Waals surface area contributed by atoms with Gasteiger partial charge in [-0.15, -0.1) is 0 Å². The first-order valence-electron chi connectivity index (χ1n) is 7.90. The Hall–Kier alpha value is -2.03. The summed E-state index contributed by atoms with van der Waals surface area (Å²) in [5.41, 5.74) is -0.462. The van der Waals surface area contributed by atoms with E-state index in [2.05, 4.69) is 0 Å². The second kappa shape index (κ2) is 6.70. The number of sulfone groups is 1. The molecular formula is C16H17F2NO5S. The van der Waals surface area contributed by atoms with Crippen LogP contribution in [0.4, 0.5) is 8.78 Å². The van der Waals surface area contributed by atoms with E-state index in [1.807, 2.05) is 0 Å². The molecule has 1 aromatic rings. The van der Waals surface area contributed by atoms with Gasteiger partial charge in [-0.05, 0) is 31.4 Å². The maximum Gasteiger partial charge on any atom is 0.341 e. The number of esters is 1. The number of benzene rings is 1. The molecule has 1 heterocycles. The minimum atomic E-state index is -3.15. The summed E-state index contributed by atoms with van der Waals surface area (Å²) >= 11 is 0. The first-order valence-corrected chi connectivity index (χ1v) is 9.73. The number of ether oxygens (including phenoxy) is 1. The molecule has 3 rings (SSSR count). The van der Waals surface area contributed by atoms with Crippen molar-refractivity contribution in [2.45, 2.75) is 31.3 Å². The summed E-state index contributed by atoms with van der Waals surface area (Å²) in [7, 11) is -3.15. The molecule has 0 radical (unpaired) electrons. The lowest BCUT2D eigenvalue weighted by Crippen LogP contribution is -2.44. The summed E-state index contributed by atoms with van der Waals surface area (Å²) in [6.07, 6.45) is 1.93. The molecule has 1 amide bonds. The SMILES string of the molecule is O=C(OCC(=O)N(C1CC1)[C@H]1CCS(=O)(=O)C1)c1ccc(F)cc1F. The van der Waals surface area contributed by atoms with Gasteiger partial charge >= 0.3 is 5.97 Å². The molecule has 0 aromatic heterocycles. The third-order valence-electron chi connectivity index (χ3n) is 4.31. The predicted molar refractivity (Wildman–Crippen MR) is 83.6 cm³/mol. The van der Waals surface area contributed by atoms with E-state index < -0.39 is 51.6 Å². The van der Waals surface area contributed by atoms with Crippen LogP contribution in [-0.2, 0) is 19.4 Å². The van der Waals surface area contributed by atoms with Crippen LogP contribution < -0.4 is 0 Å². The van der Waals surface area contributed by atoms with Crippen LogP contribution in [0.1, 0.15) is 29.6 Å². The standard InChI is InChI=1S/C16H17F2NO5S/c17-10-1-4-13(14(18)7-10)16(21)24-8-15(20)19(11-2-3-11)12-5-6-25(22,23)9-12/h1,4,7,11-12H,2-3,5-6,8-9H2/t12-/m0/s1. The highest BCUT2D eigenvalue weighted by Gasteiger charge is 2.42. The maximum absolute atomic E-state index is 13.6. The van der Waals surface area contributed by atoms with Crippen LogP contribution in [0, 0.1) is 11.6 Å². The van der Waals surface area contributed by atoms with Gasteiger partial charge in [0.05, 0.1) is 17.1 Å². The Morgan fingerprint density at radius 2 is 1.88 bits per heavy atom. The van der Waals surface area contributed by atoms with Gasteiger partial charge in [-0.2, -0.15) is 0 Å². The molecule has 0 spiro atoms. The molecule has 2 fully saturated rings. The molecule has 1 aliphatic heterocycles. The van der Waals surface area contributed by atoms with Gasteiger partial charge in [-0.25, -0.2) is 22.0 Å². The lowest BCUT2D eigenvalue weighted by molar-refractivity contribution is -0.137. The highest BCUT2D eigenvalue weighted by molar-refractivity contribution is 7.91. The van der Waals surface area contributed by atoms with Crippen LogP contribution in [-0.4, -0.2) is 55.4 Å². The van der Waals surface area contributed by atoms with Gasteiger partial charge in [0.2, 0.25) is 0 Å². The van der Waals surface area contributed by atoms with Crippen molar-refractivity contribution in [1.82, 2.24) is 4.90 Å². The first kappa shape index (κ1) is 17.8. The van der Waals surface area contributed by atoms with Crippen molar-refractivity contribution in [2.24, 2.45) is 0 Å². The van der Waals surface area contributed by atoms with Gasteiger partial charge in [0.25, 0.3) is 5.91 Å². The zero-order valence-electron chi connectivity index (χ0n) is 13.3. The Labute approximate surface area is 143 Å². The van der Waals surface area contributed by atoms with E-state index in [4.69, 9.17) is 4.74 Å². The van der Waals surface area contributed by atoms with Crippen LogP contribution >= 0.6 is 0 Å². The van der Waals surface area contributed by atoms with Gasteiger partial charge in [0, 0.05) is 18.2 Å². The summed E-state index contributed by atoms with van der Waals surface area (Å²) in [5, 5.41) is 0. The van der Waals surface area contributed by atoms with Crippen molar-refractivity contribution < 1.29 is 31.5 Å². The number of amides is 1. The molecule has 1 atom stereocenters. The molecule has 1 saturated heterocycles. The van der Waals surface area contributed by atoms with Crippen molar-refractivity contribution in [1.29, 1.82) is 0 Å². The van der Waals surface area contributed by atoms with Crippen molar-refractivity contribution in [2.75, 3.05) is 18.1 Å². The summed E-state index contributed by atoms with van der Waals surface area (Å²) in [4.78, 5) is 25.7. The number of carbonyl (C=O) groups is 2. The molecular weight excluding hydrogens is 356 g/mol. The monoisotopic (exact) mass is 373 g/mol. The van der Waals surface area contributed by atoms with E-state index >= 15 is 0 Å². The van der Waals surface area contributed by atoms with Crippen LogP contribution in [0.25, 0.3) is 0 Å². The van der Waals surface area contributed by atoms with Crippen LogP contribution in [0.15, 0.2) is 18.2 Å². The van der Waals surface area contributed by atoms with Crippen molar-refractivity contribution in [3.8, 4) is 0 Å². The normalized spacial score (nSPS) is 21.8. The summed E-state index contributed by atoms with van der Waals surface area (Å²) in [5.74, 6) is -3.52. The number of nitrogens with zero attached hydrogens (tertiary/aromatic N) is 1. The van der Waals surface area contributed by atoms with E-state index in [1.165, 1.54) is 4.90 Å². The average molecular weight is 373 g/mol. The van der Waals surface area contributed by atoms with Gasteiger partial charge in [0.15, 0.2) is 16.4 Å². The van der Waals surface area contributed by atoms with Crippen LogP contribution in [0.2, 0.25) is 0 Å². The smallest absolute Gasteiger partial charge is 0.341 e. The number of hydrogen-bond acceptors (Lipinski definition) is 5. The third-order valence-corrected chi connectivity index (χ3v) is 6.06. The molecule has 136 valence electrons. The fourth-order valence-electron chi connectivity index (χ4n) is 2.99. The van der Waals surface area contributed by atoms with E-state index in [0.717, 1.165) is 25.0 Å². The van der Waals surface area contributed by atoms with Crippen molar-refractivity contribution in [3.05, 3.63) is 35.4 Å². The van der Waals surface area contributed by atoms with Gasteiger partial charge in [0.1, 0.15) is 11.6 Å². The molecule has 1 saturated carbocycles. The third kappa shape index (κ3) is 4.15. The second-order valence-electron chi connectivity index (χ2n) is 6.29. The molecule has 6 nitrogen and oxygen atoms in total. The van der Waals surface area contributed by atoms with Crippen LogP contribution in [0.3, 0.4) is 0 Å². The molecule has 2 aliphatic rings. The van der Waals surface area contributed by atoms with E-state index in [9.17, 15) is 26.8 Å². The number of halogens is 2. The average Bonchev–Trinajstić information content (AvgIpc) is 3.29. The minimum Gasteiger partial charge on any atom is -0.452 e. The molecule has 1 aromatic carbocycles. The summed E-state index contributed by atoms with van der Waals surface area (Å²) in [6.45, 7) is -0.608. The fourth-order valence-corrected chi connectivity index (χ4v) is 4.70. The number of hydrogen-bond donors (Lipinski definition) is 0. The van der Waals surface area contributed by atoms with E-state index in [0.29, 0.717) is 12.5 Å². The Bertz CT molecular complexity index is 807. The minimum absolute atomic E-state index is 0.0351. The highest BCUT2D eigenvalue weighted by Crippen LogP contribution is 2.32. The molecule has 9 heteroatoms. The number of rotatable bonds is 5. The Morgan fingerprint density at radius 3 is 2.44 bits per heavy atom. The second-order valence-corrected chi connectivity index (χ2v) is 8.52. The zero-order valence-corrected chi connectivity index (χ0v) is 14.1. The van der Waals surface area contributed by atoms with Crippen molar-refractivity contribution in [3.63, 3.8) is 0 Å². The van der Waals surface area contributed by atoms with E-state index in [1.54, 1.807) is 0 Å². The summed E-state index contributed by atoms with van der Waals surface area (Å²) < 4.78 is 54.5. The highest BCUT2D eigenvalue weighted by atomic mass is 32.2. The van der Waals surface area contributed by atoms with E-state index in [-0.39, 0.29) is 17.5 Å². The molecule has 0 bridgehead atoms. The topological polar surface area (TPSA) is 80.8 Å². The Morgan fingerprint density at radius 1 is 1.16 bits per heavy atom. The summed E-state index contributed by atoms with van der Waals surface area (Å²) in [6, 6.07) is 1.97. The zero-order chi connectivity index (χ0) is 18.2. The van der Waals surface area contributed by atoms with Crippen LogP contribution in [0.5, 0.6) is 0 Å². The van der Waals surface area contributed by atoms with Gasteiger partial charge < -0.3 is 9.64 Å². The van der Waals surface area contributed by atoms with Gasteiger partial charge in [-0.1, -0.05) is 0 Å². The molecule has 0 N–H and O–H groups in total. The predicted octanol–water partition coefficient (Wildman–Crippen LogP) is 1.30. The lowest BCUT2D eigenvalue weighted by Gasteiger charge is -2.28. The Kier molecular flexibility index (Phi) is 4.77. The Balaban J connectivity index is 1.63. The fraction of sp³-hybridized carbons (Fsp3) is 0.500. The molecule has 25 heavy (non-hydrogen) atoms. The quantitative estimate of drug-likeness (QED) is 0.727.